The number of carbonyl (C=O) groups excluding carboxylic acids is 2. The second kappa shape index (κ2) is 2.44. The normalized spacial score (nSPS) is 25.1. The zero-order valence-corrected chi connectivity index (χ0v) is 8.55. The van der Waals surface area contributed by atoms with E-state index in [1.54, 1.807) is 27.7 Å². The Morgan fingerprint density at radius 3 is 1.54 bits per heavy atom. The predicted octanol–water partition coefficient (Wildman–Crippen LogP) is 1.55. The van der Waals surface area contributed by atoms with E-state index in [2.05, 4.69) is 6.58 Å². The summed E-state index contributed by atoms with van der Waals surface area (Å²) in [4.78, 5) is 24.5. The maximum atomic E-state index is 11.7. The van der Waals surface area contributed by atoms with Crippen molar-refractivity contribution in [3.63, 3.8) is 0 Å². The molecule has 0 aromatic carbocycles. The first kappa shape index (κ1) is 9.96. The van der Waals surface area contributed by atoms with Crippen LogP contribution in [-0.2, 0) is 9.59 Å². The Morgan fingerprint density at radius 1 is 1.08 bits per heavy atom. The minimum absolute atomic E-state index is 0.169. The standard InChI is InChI=1S/C10H15NO2/c1-6-11-7(12)9(2,3)10(4,5)8(11)13/h6H,1H2,2-5H3. The van der Waals surface area contributed by atoms with E-state index in [4.69, 9.17) is 0 Å². The molecule has 0 atom stereocenters. The Morgan fingerprint density at radius 2 is 1.38 bits per heavy atom. The smallest absolute Gasteiger partial charge is 0.239 e. The molecule has 1 heterocycles. The minimum atomic E-state index is -0.641. The number of rotatable bonds is 1. The molecule has 1 fully saturated rings. The second-order valence-corrected chi connectivity index (χ2v) is 4.41. The fourth-order valence-corrected chi connectivity index (χ4v) is 1.39. The molecule has 3 nitrogen and oxygen atoms in total. The summed E-state index contributed by atoms with van der Waals surface area (Å²) < 4.78 is 0. The van der Waals surface area contributed by atoms with Gasteiger partial charge in [-0.25, -0.2) is 0 Å². The Labute approximate surface area is 78.4 Å². The zero-order valence-electron chi connectivity index (χ0n) is 8.55. The lowest BCUT2D eigenvalue weighted by Gasteiger charge is -2.28. The van der Waals surface area contributed by atoms with Gasteiger partial charge in [0.1, 0.15) is 0 Å². The van der Waals surface area contributed by atoms with Crippen LogP contribution in [-0.4, -0.2) is 16.7 Å². The van der Waals surface area contributed by atoms with Gasteiger partial charge in [-0.05, 0) is 27.7 Å². The van der Waals surface area contributed by atoms with Crippen molar-refractivity contribution in [1.29, 1.82) is 0 Å². The number of likely N-dealkylation sites (tertiary alicyclic amines) is 1. The molecule has 0 bridgehead atoms. The van der Waals surface area contributed by atoms with Gasteiger partial charge < -0.3 is 0 Å². The van der Waals surface area contributed by atoms with E-state index in [0.717, 1.165) is 4.90 Å². The number of imide groups is 1. The summed E-state index contributed by atoms with van der Waals surface area (Å²) in [5.74, 6) is -0.338. The third-order valence-electron chi connectivity index (χ3n) is 3.25. The van der Waals surface area contributed by atoms with Crippen LogP contribution in [0.15, 0.2) is 12.8 Å². The lowest BCUT2D eigenvalue weighted by Crippen LogP contribution is -2.35. The van der Waals surface area contributed by atoms with Crippen LogP contribution in [0.2, 0.25) is 0 Å². The minimum Gasteiger partial charge on any atom is -0.273 e. The molecule has 0 aromatic heterocycles. The Kier molecular flexibility index (Phi) is 1.87. The van der Waals surface area contributed by atoms with E-state index in [1.165, 1.54) is 6.20 Å². The Balaban J connectivity index is 3.27. The second-order valence-electron chi connectivity index (χ2n) is 4.41. The third kappa shape index (κ3) is 0.961. The van der Waals surface area contributed by atoms with E-state index in [-0.39, 0.29) is 11.8 Å². The highest BCUT2D eigenvalue weighted by Crippen LogP contribution is 2.47. The number of amides is 2. The van der Waals surface area contributed by atoms with Crippen LogP contribution >= 0.6 is 0 Å². The quantitative estimate of drug-likeness (QED) is 0.575. The number of hydrogen-bond donors (Lipinski definition) is 0. The summed E-state index contributed by atoms with van der Waals surface area (Å²) in [7, 11) is 0. The topological polar surface area (TPSA) is 37.4 Å². The van der Waals surface area contributed by atoms with Crippen LogP contribution < -0.4 is 0 Å². The lowest BCUT2D eigenvalue weighted by molar-refractivity contribution is -0.138. The molecular weight excluding hydrogens is 166 g/mol. The third-order valence-corrected chi connectivity index (χ3v) is 3.25. The number of nitrogens with zero attached hydrogens (tertiary/aromatic N) is 1. The van der Waals surface area contributed by atoms with Gasteiger partial charge in [0.05, 0.1) is 10.8 Å². The van der Waals surface area contributed by atoms with E-state index in [0.29, 0.717) is 0 Å². The first-order valence-corrected chi connectivity index (χ1v) is 4.27. The van der Waals surface area contributed by atoms with E-state index in [1.807, 2.05) is 0 Å². The van der Waals surface area contributed by atoms with Crippen LogP contribution in [0.4, 0.5) is 0 Å². The molecule has 13 heavy (non-hydrogen) atoms. The van der Waals surface area contributed by atoms with Gasteiger partial charge in [-0.3, -0.25) is 14.5 Å². The molecule has 2 amide bonds. The summed E-state index contributed by atoms with van der Waals surface area (Å²) in [6, 6.07) is 0. The van der Waals surface area contributed by atoms with Gasteiger partial charge in [0, 0.05) is 6.20 Å². The fraction of sp³-hybridized carbons (Fsp3) is 0.600. The van der Waals surface area contributed by atoms with Gasteiger partial charge in [-0.2, -0.15) is 0 Å². The van der Waals surface area contributed by atoms with Crippen molar-refractivity contribution < 1.29 is 9.59 Å². The van der Waals surface area contributed by atoms with Gasteiger partial charge in [-0.15, -0.1) is 0 Å². The highest BCUT2D eigenvalue weighted by molar-refractivity contribution is 6.09. The highest BCUT2D eigenvalue weighted by Gasteiger charge is 2.58. The SMILES string of the molecule is C=CN1C(=O)C(C)(C)C(C)(C)C1=O. The van der Waals surface area contributed by atoms with Crippen molar-refractivity contribution in [1.82, 2.24) is 4.90 Å². The molecular formula is C10H15NO2. The van der Waals surface area contributed by atoms with Crippen molar-refractivity contribution in [3.8, 4) is 0 Å². The molecule has 0 aromatic rings. The first-order valence-electron chi connectivity index (χ1n) is 4.27. The lowest BCUT2D eigenvalue weighted by atomic mass is 9.70. The van der Waals surface area contributed by atoms with E-state index in [9.17, 15) is 9.59 Å². The molecule has 0 unspecified atom stereocenters. The molecule has 1 rings (SSSR count). The maximum absolute atomic E-state index is 11.7. The maximum Gasteiger partial charge on any atom is 0.239 e. The Hall–Kier alpha value is -1.12. The van der Waals surface area contributed by atoms with E-state index >= 15 is 0 Å². The van der Waals surface area contributed by atoms with Crippen molar-refractivity contribution in [3.05, 3.63) is 12.8 Å². The summed E-state index contributed by atoms with van der Waals surface area (Å²) in [6.45, 7) is 10.6. The summed E-state index contributed by atoms with van der Waals surface area (Å²) in [6.07, 6.45) is 1.29. The molecule has 1 saturated heterocycles. The average molecular weight is 181 g/mol. The van der Waals surface area contributed by atoms with Crippen LogP contribution in [0.3, 0.4) is 0 Å². The summed E-state index contributed by atoms with van der Waals surface area (Å²) in [5, 5.41) is 0. The predicted molar refractivity (Wildman–Crippen MR) is 49.6 cm³/mol. The van der Waals surface area contributed by atoms with Crippen molar-refractivity contribution in [2.45, 2.75) is 27.7 Å². The molecule has 3 heteroatoms. The van der Waals surface area contributed by atoms with Crippen molar-refractivity contribution >= 4 is 11.8 Å². The van der Waals surface area contributed by atoms with Gasteiger partial charge in [-0.1, -0.05) is 6.58 Å². The molecule has 72 valence electrons. The average Bonchev–Trinajstić information content (AvgIpc) is 2.13. The first-order chi connectivity index (χ1) is 5.76. The molecule has 0 aliphatic carbocycles. The number of carbonyl (C=O) groups is 2. The van der Waals surface area contributed by atoms with Gasteiger partial charge in [0.2, 0.25) is 11.8 Å². The molecule has 0 saturated carbocycles. The highest BCUT2D eigenvalue weighted by atomic mass is 16.2. The summed E-state index contributed by atoms with van der Waals surface area (Å²) in [5.41, 5.74) is -1.28. The van der Waals surface area contributed by atoms with Gasteiger partial charge in [0.25, 0.3) is 0 Å². The monoisotopic (exact) mass is 181 g/mol. The molecule has 0 spiro atoms. The van der Waals surface area contributed by atoms with Gasteiger partial charge >= 0.3 is 0 Å². The molecule has 0 radical (unpaired) electrons. The Bertz CT molecular complexity index is 263. The van der Waals surface area contributed by atoms with Crippen molar-refractivity contribution in [2.75, 3.05) is 0 Å². The van der Waals surface area contributed by atoms with E-state index < -0.39 is 10.8 Å². The zero-order chi connectivity index (χ0) is 10.4. The van der Waals surface area contributed by atoms with Crippen LogP contribution in [0.5, 0.6) is 0 Å². The molecule has 0 N–H and O–H groups in total. The van der Waals surface area contributed by atoms with Crippen molar-refractivity contribution in [2.24, 2.45) is 10.8 Å². The number of hydrogen-bond acceptors (Lipinski definition) is 2. The summed E-state index contributed by atoms with van der Waals surface area (Å²) >= 11 is 0. The largest absolute Gasteiger partial charge is 0.273 e. The van der Waals surface area contributed by atoms with Crippen LogP contribution in [0.25, 0.3) is 0 Å². The molecule has 1 aliphatic heterocycles. The van der Waals surface area contributed by atoms with Crippen LogP contribution in [0, 0.1) is 10.8 Å². The fourth-order valence-electron chi connectivity index (χ4n) is 1.39. The van der Waals surface area contributed by atoms with Crippen LogP contribution in [0.1, 0.15) is 27.7 Å². The molecule has 1 aliphatic rings. The van der Waals surface area contributed by atoms with Gasteiger partial charge in [0.15, 0.2) is 0 Å².